The Hall–Kier alpha value is -2.04. The second-order valence-electron chi connectivity index (χ2n) is 6.40. The van der Waals surface area contributed by atoms with Crippen molar-refractivity contribution in [3.8, 4) is 0 Å². The first kappa shape index (κ1) is 15.8. The first-order chi connectivity index (χ1) is 11.2. The highest BCUT2D eigenvalue weighted by Gasteiger charge is 2.31. The second-order valence-corrected chi connectivity index (χ2v) is 6.40. The smallest absolute Gasteiger partial charge is 0.409 e. The Morgan fingerprint density at radius 3 is 2.61 bits per heavy atom. The zero-order valence-electron chi connectivity index (χ0n) is 13.7. The molecule has 0 bridgehead atoms. The van der Waals surface area contributed by atoms with Gasteiger partial charge < -0.3 is 14.5 Å². The maximum Gasteiger partial charge on any atom is 0.409 e. The average molecular weight is 316 g/mol. The van der Waals surface area contributed by atoms with Crippen LogP contribution in [-0.4, -0.2) is 54.6 Å². The van der Waals surface area contributed by atoms with Gasteiger partial charge in [-0.05, 0) is 29.9 Å². The van der Waals surface area contributed by atoms with Crippen LogP contribution < -0.4 is 0 Å². The van der Waals surface area contributed by atoms with Crippen LogP contribution in [0, 0.1) is 5.92 Å². The quantitative estimate of drug-likeness (QED) is 0.836. The van der Waals surface area contributed by atoms with Gasteiger partial charge in [-0.3, -0.25) is 4.79 Å². The molecule has 2 aliphatic heterocycles. The molecule has 0 aliphatic carbocycles. The van der Waals surface area contributed by atoms with Crippen molar-refractivity contribution in [2.24, 2.45) is 5.92 Å². The Kier molecular flexibility index (Phi) is 4.84. The maximum atomic E-state index is 12.4. The fourth-order valence-corrected chi connectivity index (χ4v) is 3.29. The monoisotopic (exact) mass is 316 g/mol. The van der Waals surface area contributed by atoms with Gasteiger partial charge in [0, 0.05) is 19.6 Å². The number of aryl methyl sites for hydroxylation is 1. The van der Waals surface area contributed by atoms with Gasteiger partial charge in [-0.15, -0.1) is 0 Å². The molecule has 0 aromatic heterocycles. The van der Waals surface area contributed by atoms with E-state index < -0.39 is 0 Å². The summed E-state index contributed by atoms with van der Waals surface area (Å²) < 4.78 is 4.95. The number of nitrogens with zero attached hydrogens (tertiary/aromatic N) is 2. The molecule has 0 N–H and O–H groups in total. The van der Waals surface area contributed by atoms with Crippen LogP contribution in [-0.2, 0) is 22.4 Å². The van der Waals surface area contributed by atoms with Crippen molar-refractivity contribution in [1.82, 2.24) is 9.80 Å². The van der Waals surface area contributed by atoms with Gasteiger partial charge in [-0.2, -0.15) is 0 Å². The van der Waals surface area contributed by atoms with Crippen LogP contribution in [0.15, 0.2) is 24.3 Å². The second kappa shape index (κ2) is 7.02. The van der Waals surface area contributed by atoms with Gasteiger partial charge in [0.15, 0.2) is 0 Å². The van der Waals surface area contributed by atoms with Gasteiger partial charge in [-0.1, -0.05) is 31.2 Å². The van der Waals surface area contributed by atoms with Crippen molar-refractivity contribution < 1.29 is 14.3 Å². The van der Waals surface area contributed by atoms with E-state index in [4.69, 9.17) is 4.74 Å². The third-order valence-corrected chi connectivity index (χ3v) is 4.75. The summed E-state index contributed by atoms with van der Waals surface area (Å²) in [6, 6.07) is 8.28. The van der Waals surface area contributed by atoms with Crippen molar-refractivity contribution in [2.75, 3.05) is 32.8 Å². The highest BCUT2D eigenvalue weighted by molar-refractivity contribution is 5.79. The molecule has 0 spiro atoms. The topological polar surface area (TPSA) is 49.9 Å². The van der Waals surface area contributed by atoms with E-state index in [9.17, 15) is 9.59 Å². The molecule has 1 aromatic carbocycles. The van der Waals surface area contributed by atoms with E-state index in [1.807, 2.05) is 17.0 Å². The molecule has 124 valence electrons. The summed E-state index contributed by atoms with van der Waals surface area (Å²) in [4.78, 5) is 27.6. The number of cyclic esters (lactones) is 1. The summed E-state index contributed by atoms with van der Waals surface area (Å²) in [7, 11) is 0. The van der Waals surface area contributed by atoms with Crippen molar-refractivity contribution in [1.29, 1.82) is 0 Å². The lowest BCUT2D eigenvalue weighted by molar-refractivity contribution is -0.129. The van der Waals surface area contributed by atoms with Crippen molar-refractivity contribution in [3.05, 3.63) is 35.4 Å². The molecular weight excluding hydrogens is 292 g/mol. The molecule has 1 unspecified atom stereocenters. The molecule has 1 atom stereocenters. The Bertz CT molecular complexity index is 570. The molecule has 2 aliphatic rings. The third-order valence-electron chi connectivity index (χ3n) is 4.75. The molecule has 2 heterocycles. The minimum Gasteiger partial charge on any atom is -0.448 e. The van der Waals surface area contributed by atoms with Crippen LogP contribution in [0.1, 0.15) is 24.5 Å². The number of carbonyl (C=O) groups excluding carboxylic acids is 2. The predicted molar refractivity (Wildman–Crippen MR) is 87.1 cm³/mol. The van der Waals surface area contributed by atoms with E-state index in [2.05, 4.69) is 19.1 Å². The van der Waals surface area contributed by atoms with Gasteiger partial charge in [0.25, 0.3) is 0 Å². The average Bonchev–Trinajstić information content (AvgIpc) is 3.18. The molecule has 2 fully saturated rings. The van der Waals surface area contributed by atoms with E-state index in [0.717, 1.165) is 31.5 Å². The van der Waals surface area contributed by atoms with Gasteiger partial charge >= 0.3 is 6.09 Å². The molecule has 3 rings (SSSR count). The van der Waals surface area contributed by atoms with Crippen molar-refractivity contribution in [2.45, 2.75) is 26.2 Å². The normalized spacial score (nSPS) is 20.9. The maximum absolute atomic E-state index is 12.4. The lowest BCUT2D eigenvalue weighted by atomic mass is 10.1. The SMILES string of the molecule is CCc1ccc(CC(=O)N2CCC(CN3CCOC3=O)C2)cc1. The van der Waals surface area contributed by atoms with Gasteiger partial charge in [-0.25, -0.2) is 4.79 Å². The molecular formula is C18H24N2O3. The lowest BCUT2D eigenvalue weighted by Gasteiger charge is -2.19. The van der Waals surface area contributed by atoms with Crippen LogP contribution in [0.3, 0.4) is 0 Å². The largest absolute Gasteiger partial charge is 0.448 e. The Morgan fingerprint density at radius 1 is 1.22 bits per heavy atom. The summed E-state index contributed by atoms with van der Waals surface area (Å²) in [6.45, 7) is 5.53. The summed E-state index contributed by atoms with van der Waals surface area (Å²) in [5.74, 6) is 0.549. The van der Waals surface area contributed by atoms with Gasteiger partial charge in [0.05, 0.1) is 13.0 Å². The fraction of sp³-hybridized carbons (Fsp3) is 0.556. The molecule has 1 aromatic rings. The number of ether oxygens (including phenoxy) is 1. The van der Waals surface area contributed by atoms with E-state index >= 15 is 0 Å². The van der Waals surface area contributed by atoms with Crippen LogP contribution in [0.25, 0.3) is 0 Å². The number of hydrogen-bond acceptors (Lipinski definition) is 3. The number of hydrogen-bond donors (Lipinski definition) is 0. The zero-order valence-corrected chi connectivity index (χ0v) is 13.7. The molecule has 2 saturated heterocycles. The Balaban J connectivity index is 1.49. The third kappa shape index (κ3) is 3.84. The fourth-order valence-electron chi connectivity index (χ4n) is 3.29. The minimum absolute atomic E-state index is 0.181. The Morgan fingerprint density at radius 2 is 1.96 bits per heavy atom. The highest BCUT2D eigenvalue weighted by Crippen LogP contribution is 2.20. The molecule has 23 heavy (non-hydrogen) atoms. The first-order valence-electron chi connectivity index (χ1n) is 8.43. The van der Waals surface area contributed by atoms with Crippen molar-refractivity contribution >= 4 is 12.0 Å². The number of carbonyl (C=O) groups is 2. The Labute approximate surface area is 137 Å². The standard InChI is InChI=1S/C18H24N2O3/c1-2-14-3-5-15(6-4-14)11-17(21)19-8-7-16(12-19)13-20-9-10-23-18(20)22/h3-6,16H,2,7-13H2,1H3. The molecule has 0 saturated carbocycles. The van der Waals surface area contributed by atoms with E-state index in [0.29, 0.717) is 32.0 Å². The molecule has 0 radical (unpaired) electrons. The number of rotatable bonds is 5. The highest BCUT2D eigenvalue weighted by atomic mass is 16.6. The molecule has 2 amide bonds. The summed E-state index contributed by atoms with van der Waals surface area (Å²) in [5.41, 5.74) is 2.36. The summed E-state index contributed by atoms with van der Waals surface area (Å²) in [6.07, 6.45) is 2.22. The summed E-state index contributed by atoms with van der Waals surface area (Å²) >= 11 is 0. The summed E-state index contributed by atoms with van der Waals surface area (Å²) in [5, 5.41) is 0. The zero-order chi connectivity index (χ0) is 16.2. The van der Waals surface area contributed by atoms with E-state index in [-0.39, 0.29) is 12.0 Å². The number of amides is 2. The van der Waals surface area contributed by atoms with Crippen LogP contribution in [0.5, 0.6) is 0 Å². The van der Waals surface area contributed by atoms with Gasteiger partial charge in [0.1, 0.15) is 6.61 Å². The van der Waals surface area contributed by atoms with E-state index in [1.165, 1.54) is 5.56 Å². The van der Waals surface area contributed by atoms with Crippen LogP contribution in [0.2, 0.25) is 0 Å². The predicted octanol–water partition coefficient (Wildman–Crippen LogP) is 2.09. The lowest BCUT2D eigenvalue weighted by Crippen LogP contribution is -2.34. The van der Waals surface area contributed by atoms with Crippen LogP contribution >= 0.6 is 0 Å². The number of likely N-dealkylation sites (tertiary alicyclic amines) is 1. The first-order valence-corrected chi connectivity index (χ1v) is 8.43. The van der Waals surface area contributed by atoms with Gasteiger partial charge in [0.2, 0.25) is 5.91 Å². The van der Waals surface area contributed by atoms with Crippen molar-refractivity contribution in [3.63, 3.8) is 0 Å². The number of benzene rings is 1. The van der Waals surface area contributed by atoms with E-state index in [1.54, 1.807) is 4.90 Å². The minimum atomic E-state index is -0.217. The molecule has 5 heteroatoms. The van der Waals surface area contributed by atoms with Crippen LogP contribution in [0.4, 0.5) is 4.79 Å². The molecule has 5 nitrogen and oxygen atoms in total.